The lowest BCUT2D eigenvalue weighted by atomic mass is 10.1. The highest BCUT2D eigenvalue weighted by molar-refractivity contribution is 6.43. The monoisotopic (exact) mass is 338 g/mol. The van der Waals surface area contributed by atoms with Crippen LogP contribution in [-0.2, 0) is 4.79 Å². The fourth-order valence-corrected chi connectivity index (χ4v) is 2.12. The average molecular weight is 339 g/mol. The maximum absolute atomic E-state index is 11.7. The first-order chi connectivity index (χ1) is 10.5. The normalized spacial score (nSPS) is 10.6. The molecule has 7 heteroatoms. The second kappa shape index (κ2) is 7.42. The minimum atomic E-state index is -0.0807. The molecule has 2 N–H and O–H groups in total. The molecule has 0 aliphatic heterocycles. The van der Waals surface area contributed by atoms with Gasteiger partial charge in [0.15, 0.2) is 11.6 Å². The van der Waals surface area contributed by atoms with Crippen molar-refractivity contribution in [3.8, 4) is 0 Å². The first kappa shape index (κ1) is 16.5. The average Bonchev–Trinajstić information content (AvgIpc) is 2.45. The van der Waals surface area contributed by atoms with Gasteiger partial charge in [0.05, 0.1) is 15.7 Å². The van der Waals surface area contributed by atoms with E-state index in [9.17, 15) is 4.79 Å². The largest absolute Gasteiger partial charge is 0.337 e. The van der Waals surface area contributed by atoms with Gasteiger partial charge >= 0.3 is 0 Å². The summed E-state index contributed by atoms with van der Waals surface area (Å²) in [5.74, 6) is 1.13. The molecule has 2 aromatic rings. The summed E-state index contributed by atoms with van der Waals surface area (Å²) in [7, 11) is 0. The minimum Gasteiger partial charge on any atom is -0.337 e. The zero-order valence-corrected chi connectivity index (χ0v) is 13.7. The Balaban J connectivity index is 2.03. The lowest BCUT2D eigenvalue weighted by Crippen LogP contribution is -2.15. The number of nitrogens with one attached hydrogen (secondary N) is 2. The van der Waals surface area contributed by atoms with E-state index in [0.717, 1.165) is 0 Å². The number of benzene rings is 1. The first-order valence-electron chi connectivity index (χ1n) is 6.80. The molecule has 0 bridgehead atoms. The number of halogens is 2. The molecule has 0 aliphatic rings. The molecule has 0 saturated heterocycles. The molecule has 1 aromatic heterocycles. The van der Waals surface area contributed by atoms with Crippen LogP contribution in [0, 0.1) is 5.92 Å². The van der Waals surface area contributed by atoms with Crippen LogP contribution < -0.4 is 10.6 Å². The van der Waals surface area contributed by atoms with Crippen LogP contribution >= 0.6 is 23.2 Å². The first-order valence-corrected chi connectivity index (χ1v) is 7.56. The number of anilines is 3. The Morgan fingerprint density at radius 2 is 1.82 bits per heavy atom. The van der Waals surface area contributed by atoms with E-state index in [2.05, 4.69) is 20.8 Å². The van der Waals surface area contributed by atoms with E-state index < -0.39 is 0 Å². The third kappa shape index (κ3) is 4.58. The quantitative estimate of drug-likeness (QED) is 0.841. The second-order valence-electron chi connectivity index (χ2n) is 5.18. The lowest BCUT2D eigenvalue weighted by Gasteiger charge is -2.09. The van der Waals surface area contributed by atoms with Gasteiger partial charge in [-0.1, -0.05) is 43.1 Å². The molecule has 0 aliphatic carbocycles. The van der Waals surface area contributed by atoms with E-state index in [0.29, 0.717) is 39.7 Å². The zero-order valence-electron chi connectivity index (χ0n) is 12.2. The summed E-state index contributed by atoms with van der Waals surface area (Å²) in [5.41, 5.74) is 0.639. The summed E-state index contributed by atoms with van der Waals surface area (Å²) >= 11 is 12.0. The molecule has 1 amide bonds. The Bertz CT molecular complexity index is 659. The van der Waals surface area contributed by atoms with Gasteiger partial charge in [0.2, 0.25) is 5.91 Å². The Morgan fingerprint density at radius 1 is 1.14 bits per heavy atom. The molecule has 22 heavy (non-hydrogen) atoms. The molecular formula is C15H16Cl2N4O. The van der Waals surface area contributed by atoms with Crippen molar-refractivity contribution in [2.24, 2.45) is 5.92 Å². The molecule has 116 valence electrons. The molecule has 0 atom stereocenters. The van der Waals surface area contributed by atoms with Crippen LogP contribution in [0.4, 0.5) is 17.3 Å². The second-order valence-corrected chi connectivity index (χ2v) is 5.96. The van der Waals surface area contributed by atoms with E-state index in [1.807, 2.05) is 13.8 Å². The maximum Gasteiger partial charge on any atom is 0.225 e. The molecule has 0 radical (unpaired) electrons. The number of hydrogen-bond acceptors (Lipinski definition) is 4. The maximum atomic E-state index is 11.7. The van der Waals surface area contributed by atoms with E-state index in [1.54, 1.807) is 30.3 Å². The number of aromatic nitrogens is 2. The van der Waals surface area contributed by atoms with E-state index in [-0.39, 0.29) is 5.91 Å². The van der Waals surface area contributed by atoms with Crippen molar-refractivity contribution in [2.45, 2.75) is 20.3 Å². The molecule has 1 aromatic carbocycles. The van der Waals surface area contributed by atoms with Crippen LogP contribution in [0.2, 0.25) is 10.0 Å². The predicted molar refractivity (Wildman–Crippen MR) is 89.9 cm³/mol. The van der Waals surface area contributed by atoms with Crippen molar-refractivity contribution >= 4 is 46.4 Å². The topological polar surface area (TPSA) is 66.9 Å². The summed E-state index contributed by atoms with van der Waals surface area (Å²) in [5, 5.41) is 14.5. The van der Waals surface area contributed by atoms with Gasteiger partial charge in [0, 0.05) is 6.42 Å². The van der Waals surface area contributed by atoms with Crippen LogP contribution in [0.25, 0.3) is 0 Å². The molecule has 1 heterocycles. The highest BCUT2D eigenvalue weighted by Crippen LogP contribution is 2.31. The van der Waals surface area contributed by atoms with Gasteiger partial charge in [-0.2, -0.15) is 0 Å². The summed E-state index contributed by atoms with van der Waals surface area (Å²) < 4.78 is 0. The summed E-state index contributed by atoms with van der Waals surface area (Å²) in [6.07, 6.45) is 0.444. The Hall–Kier alpha value is -1.85. The van der Waals surface area contributed by atoms with Crippen molar-refractivity contribution in [3.63, 3.8) is 0 Å². The number of nitrogens with zero attached hydrogens (tertiary/aromatic N) is 2. The van der Waals surface area contributed by atoms with Crippen LogP contribution in [0.15, 0.2) is 30.3 Å². The van der Waals surface area contributed by atoms with Gasteiger partial charge in [-0.3, -0.25) is 4.79 Å². The van der Waals surface area contributed by atoms with Gasteiger partial charge in [-0.15, -0.1) is 10.2 Å². The zero-order chi connectivity index (χ0) is 16.1. The lowest BCUT2D eigenvalue weighted by molar-refractivity contribution is -0.116. The molecule has 2 rings (SSSR count). The summed E-state index contributed by atoms with van der Waals surface area (Å²) in [6.45, 7) is 3.96. The number of carbonyl (C=O) groups is 1. The smallest absolute Gasteiger partial charge is 0.225 e. The predicted octanol–water partition coefficient (Wildman–Crippen LogP) is 4.51. The van der Waals surface area contributed by atoms with Crippen LogP contribution in [0.5, 0.6) is 0 Å². The fourth-order valence-electron chi connectivity index (χ4n) is 1.77. The van der Waals surface area contributed by atoms with Gasteiger partial charge in [0.1, 0.15) is 0 Å². The van der Waals surface area contributed by atoms with Crippen molar-refractivity contribution < 1.29 is 4.79 Å². The Kier molecular flexibility index (Phi) is 5.57. The fraction of sp³-hybridized carbons (Fsp3) is 0.267. The molecule has 0 unspecified atom stereocenters. The van der Waals surface area contributed by atoms with Gasteiger partial charge in [0.25, 0.3) is 0 Å². The van der Waals surface area contributed by atoms with E-state index in [4.69, 9.17) is 23.2 Å². The third-order valence-corrected chi connectivity index (χ3v) is 3.56. The summed E-state index contributed by atoms with van der Waals surface area (Å²) in [6, 6.07) is 8.65. The summed E-state index contributed by atoms with van der Waals surface area (Å²) in [4.78, 5) is 11.7. The van der Waals surface area contributed by atoms with Crippen molar-refractivity contribution in [1.82, 2.24) is 10.2 Å². The minimum absolute atomic E-state index is 0.0807. The highest BCUT2D eigenvalue weighted by Gasteiger charge is 2.08. The molecule has 0 fully saturated rings. The van der Waals surface area contributed by atoms with Crippen LogP contribution in [0.3, 0.4) is 0 Å². The van der Waals surface area contributed by atoms with Gasteiger partial charge in [-0.05, 0) is 30.2 Å². The Labute approximate surface area is 139 Å². The van der Waals surface area contributed by atoms with Gasteiger partial charge in [-0.25, -0.2) is 0 Å². The van der Waals surface area contributed by atoms with Crippen molar-refractivity contribution in [3.05, 3.63) is 40.4 Å². The molecule has 5 nitrogen and oxygen atoms in total. The molecular weight excluding hydrogens is 323 g/mol. The highest BCUT2D eigenvalue weighted by atomic mass is 35.5. The van der Waals surface area contributed by atoms with Crippen molar-refractivity contribution in [2.75, 3.05) is 10.6 Å². The SMILES string of the molecule is CC(C)CC(=O)Nc1ccc(Nc2cccc(Cl)c2Cl)nn1. The number of hydrogen-bond donors (Lipinski definition) is 2. The van der Waals surface area contributed by atoms with Crippen molar-refractivity contribution in [1.29, 1.82) is 0 Å². The van der Waals surface area contributed by atoms with Gasteiger partial charge < -0.3 is 10.6 Å². The molecule has 0 saturated carbocycles. The van der Waals surface area contributed by atoms with E-state index in [1.165, 1.54) is 0 Å². The van der Waals surface area contributed by atoms with Crippen LogP contribution in [-0.4, -0.2) is 16.1 Å². The third-order valence-electron chi connectivity index (χ3n) is 2.74. The number of rotatable bonds is 5. The number of amides is 1. The standard InChI is InChI=1S/C15H16Cl2N4O/c1-9(2)8-14(22)19-13-7-6-12(20-21-13)18-11-5-3-4-10(16)15(11)17/h3-7,9H,8H2,1-2H3,(H,18,20)(H,19,21,22). The Morgan fingerprint density at radius 3 is 2.45 bits per heavy atom. The molecule has 0 spiro atoms. The number of carbonyl (C=O) groups excluding carboxylic acids is 1. The van der Waals surface area contributed by atoms with E-state index >= 15 is 0 Å². The van der Waals surface area contributed by atoms with Crippen LogP contribution in [0.1, 0.15) is 20.3 Å².